The van der Waals surface area contributed by atoms with Crippen molar-refractivity contribution in [1.82, 2.24) is 0 Å². The fourth-order valence-electron chi connectivity index (χ4n) is 3.07. The topological polar surface area (TPSA) is 57.5 Å². The molecule has 0 fully saturated rings. The van der Waals surface area contributed by atoms with Gasteiger partial charge in [-0.15, -0.1) is 0 Å². The highest BCUT2D eigenvalue weighted by molar-refractivity contribution is 5.95. The molecule has 0 atom stereocenters. The number of allylic oxidation sites excluding steroid dienone is 1. The van der Waals surface area contributed by atoms with Crippen molar-refractivity contribution in [2.45, 2.75) is 84.0 Å². The molecule has 0 heterocycles. The van der Waals surface area contributed by atoms with E-state index in [1.54, 1.807) is 18.2 Å². The van der Waals surface area contributed by atoms with Crippen molar-refractivity contribution >= 4 is 12.0 Å². The smallest absolute Gasteiger partial charge is 0.340 e. The van der Waals surface area contributed by atoms with Crippen LogP contribution in [0.15, 0.2) is 24.3 Å². The second kappa shape index (κ2) is 13.5. The van der Waals surface area contributed by atoms with Gasteiger partial charge in [0, 0.05) is 0 Å². The van der Waals surface area contributed by atoms with Crippen LogP contribution in [0.2, 0.25) is 0 Å². The quantitative estimate of drug-likeness (QED) is 0.364. The molecule has 0 saturated carbocycles. The van der Waals surface area contributed by atoms with Gasteiger partial charge in [-0.2, -0.15) is 0 Å². The van der Waals surface area contributed by atoms with Crippen LogP contribution in [0.1, 0.15) is 99.9 Å². The third kappa shape index (κ3) is 9.33. The Morgan fingerprint density at radius 3 is 2.04 bits per heavy atom. The van der Waals surface area contributed by atoms with Crippen molar-refractivity contribution in [3.8, 4) is 5.75 Å². The zero-order valence-electron chi connectivity index (χ0n) is 15.7. The van der Waals surface area contributed by atoms with E-state index >= 15 is 0 Å². The molecule has 0 unspecified atom stereocenters. The number of carboxylic acids is 1. The maximum atomic E-state index is 11.2. The lowest BCUT2D eigenvalue weighted by Crippen LogP contribution is -1.99. The molecule has 0 aliphatic carbocycles. The van der Waals surface area contributed by atoms with Crippen LogP contribution >= 0.6 is 0 Å². The van der Waals surface area contributed by atoms with Crippen LogP contribution in [0, 0.1) is 0 Å². The Morgan fingerprint density at radius 1 is 0.920 bits per heavy atom. The van der Waals surface area contributed by atoms with E-state index in [1.165, 1.54) is 70.3 Å². The molecule has 2 N–H and O–H groups in total. The average Bonchev–Trinajstić information content (AvgIpc) is 2.58. The SMILES string of the molecule is CCCCCCCCCCCCC/C=C\c1cccc(O)c1C(=O)O. The molecule has 0 bridgehead atoms. The molecule has 0 amide bonds. The van der Waals surface area contributed by atoms with Crippen molar-refractivity contribution in [3.05, 3.63) is 35.4 Å². The average molecular weight is 347 g/mol. The molecule has 1 rings (SSSR count). The first kappa shape index (κ1) is 21.3. The molecule has 25 heavy (non-hydrogen) atoms. The first-order valence-corrected chi connectivity index (χ1v) is 9.88. The lowest BCUT2D eigenvalue weighted by Gasteiger charge is -2.03. The highest BCUT2D eigenvalue weighted by Gasteiger charge is 2.12. The van der Waals surface area contributed by atoms with Crippen LogP contribution in [0.3, 0.4) is 0 Å². The molecule has 3 heteroatoms. The molecule has 1 aromatic rings. The summed E-state index contributed by atoms with van der Waals surface area (Å²) in [5.74, 6) is -1.27. The summed E-state index contributed by atoms with van der Waals surface area (Å²) in [4.78, 5) is 11.2. The summed E-state index contributed by atoms with van der Waals surface area (Å²) in [5, 5.41) is 18.8. The number of unbranched alkanes of at least 4 members (excludes halogenated alkanes) is 11. The van der Waals surface area contributed by atoms with Crippen LogP contribution in [-0.2, 0) is 0 Å². The van der Waals surface area contributed by atoms with Crippen LogP contribution in [-0.4, -0.2) is 16.2 Å². The zero-order valence-corrected chi connectivity index (χ0v) is 15.7. The van der Waals surface area contributed by atoms with Crippen LogP contribution in [0.4, 0.5) is 0 Å². The van der Waals surface area contributed by atoms with Gasteiger partial charge in [0.25, 0.3) is 0 Å². The number of benzene rings is 1. The van der Waals surface area contributed by atoms with Gasteiger partial charge in [0.15, 0.2) is 0 Å². The van der Waals surface area contributed by atoms with Gasteiger partial charge >= 0.3 is 5.97 Å². The number of carboxylic acid groups (broad SMARTS) is 1. The van der Waals surface area contributed by atoms with E-state index in [0.717, 1.165) is 12.8 Å². The minimum atomic E-state index is -1.09. The molecule has 0 radical (unpaired) electrons. The van der Waals surface area contributed by atoms with Gasteiger partial charge < -0.3 is 10.2 Å². The summed E-state index contributed by atoms with van der Waals surface area (Å²) >= 11 is 0. The number of phenols is 1. The molecule has 0 spiro atoms. The number of rotatable bonds is 14. The highest BCUT2D eigenvalue weighted by atomic mass is 16.4. The molecule has 0 saturated heterocycles. The Morgan fingerprint density at radius 2 is 1.48 bits per heavy atom. The Kier molecular flexibility index (Phi) is 11.5. The molecule has 0 aliphatic heterocycles. The predicted molar refractivity (Wildman–Crippen MR) is 105 cm³/mol. The lowest BCUT2D eigenvalue weighted by atomic mass is 10.0. The number of hydrogen-bond donors (Lipinski definition) is 2. The predicted octanol–water partition coefficient (Wildman–Crippen LogP) is 6.80. The van der Waals surface area contributed by atoms with Crippen molar-refractivity contribution in [2.75, 3.05) is 0 Å². The largest absolute Gasteiger partial charge is 0.507 e. The summed E-state index contributed by atoms with van der Waals surface area (Å²) in [6, 6.07) is 4.80. The molecule has 1 aromatic carbocycles. The minimum absolute atomic E-state index is 0.0160. The normalized spacial score (nSPS) is 11.2. The second-order valence-electron chi connectivity index (χ2n) is 6.77. The number of aromatic carboxylic acids is 1. The van der Waals surface area contributed by atoms with Crippen molar-refractivity contribution in [1.29, 1.82) is 0 Å². The molecule has 0 aliphatic rings. The first-order valence-electron chi connectivity index (χ1n) is 9.88. The third-order valence-electron chi connectivity index (χ3n) is 4.56. The Labute approximate surface area is 152 Å². The van der Waals surface area contributed by atoms with Gasteiger partial charge in [-0.1, -0.05) is 95.4 Å². The van der Waals surface area contributed by atoms with Gasteiger partial charge in [-0.3, -0.25) is 0 Å². The van der Waals surface area contributed by atoms with Crippen LogP contribution < -0.4 is 0 Å². The van der Waals surface area contributed by atoms with Gasteiger partial charge in [-0.05, 0) is 24.5 Å². The number of hydrogen-bond acceptors (Lipinski definition) is 2. The summed E-state index contributed by atoms with van der Waals surface area (Å²) in [5.41, 5.74) is 0.549. The molecule has 0 aromatic heterocycles. The Bertz CT molecular complexity index is 520. The Hall–Kier alpha value is -1.77. The van der Waals surface area contributed by atoms with Gasteiger partial charge in [-0.25, -0.2) is 4.79 Å². The minimum Gasteiger partial charge on any atom is -0.507 e. The third-order valence-corrected chi connectivity index (χ3v) is 4.56. The fourth-order valence-corrected chi connectivity index (χ4v) is 3.07. The second-order valence-corrected chi connectivity index (χ2v) is 6.77. The van der Waals surface area contributed by atoms with Crippen LogP contribution in [0.25, 0.3) is 6.08 Å². The Balaban J connectivity index is 2.10. The van der Waals surface area contributed by atoms with Crippen molar-refractivity contribution in [3.63, 3.8) is 0 Å². The summed E-state index contributed by atoms with van der Waals surface area (Å²) in [7, 11) is 0. The number of aromatic hydroxyl groups is 1. The van der Waals surface area contributed by atoms with Gasteiger partial charge in [0.2, 0.25) is 0 Å². The highest BCUT2D eigenvalue weighted by Crippen LogP contribution is 2.22. The van der Waals surface area contributed by atoms with Gasteiger partial charge in [0.05, 0.1) is 0 Å². The number of carbonyl (C=O) groups is 1. The van der Waals surface area contributed by atoms with E-state index in [-0.39, 0.29) is 11.3 Å². The maximum Gasteiger partial charge on any atom is 0.340 e. The van der Waals surface area contributed by atoms with Crippen molar-refractivity contribution < 1.29 is 15.0 Å². The zero-order chi connectivity index (χ0) is 18.3. The first-order chi connectivity index (χ1) is 12.2. The van der Waals surface area contributed by atoms with E-state index in [0.29, 0.717) is 5.56 Å². The standard InChI is InChI=1S/C22H34O3/c1-2-3-4-5-6-7-8-9-10-11-12-13-14-16-19-17-15-18-20(23)21(19)22(24)25/h14-18,23H,2-13H2,1H3,(H,24,25)/b16-14-. The van der Waals surface area contributed by atoms with E-state index < -0.39 is 5.97 Å². The molecule has 140 valence electrons. The molecular weight excluding hydrogens is 312 g/mol. The molecule has 3 nitrogen and oxygen atoms in total. The van der Waals surface area contributed by atoms with Crippen molar-refractivity contribution in [2.24, 2.45) is 0 Å². The van der Waals surface area contributed by atoms with Gasteiger partial charge in [0.1, 0.15) is 11.3 Å². The van der Waals surface area contributed by atoms with E-state index in [9.17, 15) is 9.90 Å². The molecular formula is C22H34O3. The van der Waals surface area contributed by atoms with Crippen LogP contribution in [0.5, 0.6) is 5.75 Å². The summed E-state index contributed by atoms with van der Waals surface area (Å²) < 4.78 is 0. The van der Waals surface area contributed by atoms with E-state index in [1.807, 2.05) is 6.08 Å². The maximum absolute atomic E-state index is 11.2. The van der Waals surface area contributed by atoms with E-state index in [4.69, 9.17) is 5.11 Å². The monoisotopic (exact) mass is 346 g/mol. The summed E-state index contributed by atoms with van der Waals surface area (Å²) in [6.45, 7) is 2.25. The fraction of sp³-hybridized carbons (Fsp3) is 0.591. The summed E-state index contributed by atoms with van der Waals surface area (Å²) in [6.07, 6.45) is 19.3. The van der Waals surface area contributed by atoms with E-state index in [2.05, 4.69) is 6.92 Å². The lowest BCUT2D eigenvalue weighted by molar-refractivity contribution is 0.0693.